The number of hydrogen-bond acceptors (Lipinski definition) is 9. The second kappa shape index (κ2) is 18.6. The van der Waals surface area contributed by atoms with Gasteiger partial charge in [-0.1, -0.05) is 64.7 Å². The zero-order valence-corrected chi connectivity index (χ0v) is 31.2. The van der Waals surface area contributed by atoms with Gasteiger partial charge in [-0.3, -0.25) is 20.0 Å². The molecule has 2 atom stereocenters. The highest BCUT2D eigenvalue weighted by Gasteiger charge is 2.23. The Hall–Kier alpha value is -5.79. The van der Waals surface area contributed by atoms with Gasteiger partial charge in [-0.25, -0.2) is 14.6 Å². The van der Waals surface area contributed by atoms with E-state index >= 15 is 0 Å². The Bertz CT molecular complexity index is 1820. The summed E-state index contributed by atoms with van der Waals surface area (Å²) < 4.78 is 9.15. The normalized spacial score (nSPS) is 12.0. The van der Waals surface area contributed by atoms with Crippen molar-refractivity contribution in [1.29, 1.82) is 0 Å². The number of alkyl carbamates (subject to hydrolysis) is 2. The number of carbonyl (C=O) groups excluding carboxylic acids is 4. The van der Waals surface area contributed by atoms with Crippen LogP contribution in [-0.4, -0.2) is 85.1 Å². The molecular formula is C40H48N6O7. The molecule has 0 aliphatic carbocycles. The summed E-state index contributed by atoms with van der Waals surface area (Å²) in [5, 5.41) is 19.9. The number of aryl methyl sites for hydroxylation is 4. The van der Waals surface area contributed by atoms with Gasteiger partial charge in [0.15, 0.2) is 0 Å². The second-order valence-electron chi connectivity index (χ2n) is 13.1. The summed E-state index contributed by atoms with van der Waals surface area (Å²) in [6, 6.07) is 21.7. The molecule has 0 saturated heterocycles. The summed E-state index contributed by atoms with van der Waals surface area (Å²) in [5.74, 6) is -1.09. The molecule has 0 saturated carbocycles. The van der Waals surface area contributed by atoms with Gasteiger partial charge >= 0.3 is 12.2 Å². The fraction of sp³-hybridized carbons (Fsp3) is 0.325. The molecule has 0 radical (unpaired) electrons. The van der Waals surface area contributed by atoms with Crippen molar-refractivity contribution < 1.29 is 33.8 Å². The smallest absolute Gasteiger partial charge is 0.407 e. The van der Waals surface area contributed by atoms with Gasteiger partial charge in [-0.2, -0.15) is 0 Å². The summed E-state index contributed by atoms with van der Waals surface area (Å²) >= 11 is 0. The Morgan fingerprint density at radius 2 is 1.36 bits per heavy atom. The Balaban J connectivity index is 1.81. The van der Waals surface area contributed by atoms with Crippen molar-refractivity contribution >= 4 is 24.0 Å². The van der Waals surface area contributed by atoms with Crippen molar-refractivity contribution in [2.24, 2.45) is 0 Å². The van der Waals surface area contributed by atoms with Crippen LogP contribution in [-0.2, 0) is 25.6 Å². The number of aliphatic hydroxyl groups is 1. The first kappa shape index (κ1) is 40.0. The van der Waals surface area contributed by atoms with Crippen LogP contribution in [0.5, 0.6) is 0 Å². The number of hydrazine groups is 1. The number of nitrogens with zero attached hydrogens (tertiary/aromatic N) is 2. The van der Waals surface area contributed by atoms with E-state index in [1.54, 1.807) is 6.20 Å². The molecule has 0 bridgehead atoms. The highest BCUT2D eigenvalue weighted by atomic mass is 16.5. The van der Waals surface area contributed by atoms with E-state index in [4.69, 9.17) is 4.98 Å². The zero-order valence-electron chi connectivity index (χ0n) is 31.2. The summed E-state index contributed by atoms with van der Waals surface area (Å²) in [4.78, 5) is 53.7. The van der Waals surface area contributed by atoms with Gasteiger partial charge in [0, 0.05) is 31.4 Å². The Morgan fingerprint density at radius 3 is 1.87 bits per heavy atom. The number of aliphatic hydroxyl groups excluding tert-OH is 1. The second-order valence-corrected chi connectivity index (χ2v) is 13.1. The number of methoxy groups -OCH3 is 2. The lowest BCUT2D eigenvalue weighted by Gasteiger charge is -2.28. The maximum atomic E-state index is 13.4. The molecule has 13 heteroatoms. The Labute approximate surface area is 310 Å². The first-order valence-electron chi connectivity index (χ1n) is 17.2. The first-order valence-corrected chi connectivity index (χ1v) is 17.2. The topological polar surface area (TPSA) is 171 Å². The third-order valence-electron chi connectivity index (χ3n) is 8.28. The molecule has 0 aliphatic rings. The van der Waals surface area contributed by atoms with Crippen molar-refractivity contribution in [1.82, 2.24) is 31.4 Å². The number of nitrogens with one attached hydrogen (secondary N) is 4. The van der Waals surface area contributed by atoms with E-state index in [1.807, 2.05) is 18.2 Å². The molecule has 4 rings (SSSR count). The van der Waals surface area contributed by atoms with Crippen LogP contribution < -0.4 is 21.4 Å². The quantitative estimate of drug-likeness (QED) is 0.115. The van der Waals surface area contributed by atoms with Gasteiger partial charge in [0.05, 0.1) is 32.6 Å². The molecule has 3 aromatic carbocycles. The van der Waals surface area contributed by atoms with Crippen LogP contribution in [0.4, 0.5) is 9.59 Å². The van der Waals surface area contributed by atoms with Crippen molar-refractivity contribution in [2.45, 2.75) is 53.3 Å². The molecule has 4 aromatic rings. The predicted octanol–water partition coefficient (Wildman–Crippen LogP) is 4.73. The number of carbonyl (C=O) groups is 4. The van der Waals surface area contributed by atoms with Crippen molar-refractivity contribution in [2.75, 3.05) is 33.9 Å². The van der Waals surface area contributed by atoms with Gasteiger partial charge in [0.25, 0.3) is 5.91 Å². The summed E-state index contributed by atoms with van der Waals surface area (Å²) in [6.07, 6.45) is -0.916. The van der Waals surface area contributed by atoms with Gasteiger partial charge in [0.1, 0.15) is 6.04 Å². The van der Waals surface area contributed by atoms with Crippen LogP contribution in [0.15, 0.2) is 72.9 Å². The van der Waals surface area contributed by atoms with Gasteiger partial charge in [-0.05, 0) is 86.7 Å². The fourth-order valence-corrected chi connectivity index (χ4v) is 6.06. The molecule has 280 valence electrons. The lowest BCUT2D eigenvalue weighted by molar-refractivity contribution is -0.128. The molecule has 5 N–H and O–H groups in total. The maximum Gasteiger partial charge on any atom is 0.407 e. The number of benzene rings is 3. The monoisotopic (exact) mass is 724 g/mol. The molecule has 4 amide bonds. The minimum Gasteiger partial charge on any atom is -0.453 e. The van der Waals surface area contributed by atoms with Crippen LogP contribution in [0.25, 0.3) is 33.5 Å². The number of amides is 4. The number of hydrogen-bond donors (Lipinski definition) is 5. The minimum absolute atomic E-state index is 0.110. The van der Waals surface area contributed by atoms with Crippen molar-refractivity contribution in [3.05, 3.63) is 101 Å². The fourth-order valence-electron chi connectivity index (χ4n) is 6.06. The Morgan fingerprint density at radius 1 is 0.792 bits per heavy atom. The first-order chi connectivity index (χ1) is 25.3. The van der Waals surface area contributed by atoms with E-state index < -0.39 is 36.1 Å². The highest BCUT2D eigenvalue weighted by Crippen LogP contribution is 2.41. The predicted molar refractivity (Wildman–Crippen MR) is 202 cm³/mol. The average Bonchev–Trinajstić information content (AvgIpc) is 3.11. The number of aromatic nitrogens is 1. The largest absolute Gasteiger partial charge is 0.453 e. The molecule has 0 spiro atoms. The molecule has 1 heterocycles. The summed E-state index contributed by atoms with van der Waals surface area (Å²) in [7, 11) is 2.39. The van der Waals surface area contributed by atoms with E-state index in [2.05, 4.69) is 107 Å². The van der Waals surface area contributed by atoms with Gasteiger partial charge in [0.2, 0.25) is 5.91 Å². The average molecular weight is 725 g/mol. The molecule has 0 aliphatic heterocycles. The molecule has 0 fully saturated rings. The van der Waals surface area contributed by atoms with Crippen molar-refractivity contribution in [3.8, 4) is 33.5 Å². The molecule has 0 unspecified atom stereocenters. The van der Waals surface area contributed by atoms with Gasteiger partial charge in [-0.15, -0.1) is 0 Å². The van der Waals surface area contributed by atoms with E-state index in [9.17, 15) is 24.3 Å². The lowest BCUT2D eigenvalue weighted by Crippen LogP contribution is -2.53. The molecular weight excluding hydrogens is 676 g/mol. The Kier molecular flexibility index (Phi) is 14.1. The minimum atomic E-state index is -1.15. The van der Waals surface area contributed by atoms with Crippen LogP contribution in [0.2, 0.25) is 0 Å². The van der Waals surface area contributed by atoms with Crippen LogP contribution in [0.1, 0.15) is 34.7 Å². The third kappa shape index (κ3) is 11.6. The van der Waals surface area contributed by atoms with E-state index in [0.29, 0.717) is 0 Å². The standard InChI is InChI=1S/C40H48N6O7/c1-24-12-25(2)15-30(14-24)33-18-29(19-34(31-16-26(3)13-27(4)17-31)37(33)35-10-8-9-11-41-35)22-46(45-38(49)28(5)44-40(51)53-7)23-32(47)20-42-36(48)21-43-39(50)52-6/h8-19,28,32,47H,20-23H2,1-7H3,(H,42,48)(H,43,50)(H,44,51)(H,45,49)/t28-,32+/m0/s1. The SMILES string of the molecule is COC(=O)NCC(=O)NC[C@@H](O)CN(Cc1cc(-c2cc(C)cc(C)c2)c(-c2ccccn2)c(-c2cc(C)cc(C)c2)c1)NC(=O)[C@H](C)NC(=O)OC. The summed E-state index contributed by atoms with van der Waals surface area (Å²) in [6.45, 7) is 9.22. The molecule has 53 heavy (non-hydrogen) atoms. The van der Waals surface area contributed by atoms with E-state index in [1.165, 1.54) is 26.2 Å². The number of ether oxygens (including phenoxy) is 2. The molecule has 13 nitrogen and oxygen atoms in total. The highest BCUT2D eigenvalue weighted by molar-refractivity contribution is 5.94. The zero-order chi connectivity index (χ0) is 38.7. The van der Waals surface area contributed by atoms with Crippen LogP contribution in [0.3, 0.4) is 0 Å². The maximum absolute atomic E-state index is 13.4. The summed E-state index contributed by atoms with van der Waals surface area (Å²) in [5.41, 5.74) is 13.6. The van der Waals surface area contributed by atoms with Crippen LogP contribution >= 0.6 is 0 Å². The number of rotatable bonds is 14. The van der Waals surface area contributed by atoms with Crippen LogP contribution in [0, 0.1) is 27.7 Å². The third-order valence-corrected chi connectivity index (χ3v) is 8.28. The molecule has 1 aromatic heterocycles. The van der Waals surface area contributed by atoms with Crippen molar-refractivity contribution in [3.63, 3.8) is 0 Å². The van der Waals surface area contributed by atoms with Gasteiger partial charge < -0.3 is 30.5 Å². The lowest BCUT2D eigenvalue weighted by atomic mass is 9.86. The van der Waals surface area contributed by atoms with E-state index in [-0.39, 0.29) is 26.2 Å². The number of pyridine rings is 1. The van der Waals surface area contributed by atoms with E-state index in [0.717, 1.165) is 61.3 Å².